The van der Waals surface area contributed by atoms with Crippen molar-refractivity contribution in [3.8, 4) is 6.07 Å². The van der Waals surface area contributed by atoms with Crippen LogP contribution in [0.4, 0.5) is 4.39 Å². The van der Waals surface area contributed by atoms with Crippen molar-refractivity contribution in [3.05, 3.63) is 53.7 Å². The molecule has 1 aliphatic heterocycles. The van der Waals surface area contributed by atoms with Gasteiger partial charge in [0.25, 0.3) is 0 Å². The minimum atomic E-state index is -1.53. The van der Waals surface area contributed by atoms with Gasteiger partial charge in [0, 0.05) is 11.8 Å². The summed E-state index contributed by atoms with van der Waals surface area (Å²) >= 11 is 6.02. The first-order valence-electron chi connectivity index (χ1n) is 4.62. The molecule has 1 radical (unpaired) electrons. The second kappa shape index (κ2) is 4.07. The van der Waals surface area contributed by atoms with E-state index < -0.39 is 10.8 Å². The van der Waals surface area contributed by atoms with Crippen molar-refractivity contribution in [2.24, 2.45) is 4.99 Å². The Morgan fingerprint density at radius 1 is 1.38 bits per heavy atom. The van der Waals surface area contributed by atoms with Gasteiger partial charge in [0.2, 0.25) is 5.00 Å². The maximum absolute atomic E-state index is 13.6. The lowest BCUT2D eigenvalue weighted by atomic mass is 9.90. The first-order valence-corrected chi connectivity index (χ1v) is 4.99. The number of hydrogen-bond donors (Lipinski definition) is 0. The largest absolute Gasteiger partial charge is 0.254 e. The summed E-state index contributed by atoms with van der Waals surface area (Å²) in [6, 6.07) is 8.03. The summed E-state index contributed by atoms with van der Waals surface area (Å²) in [6.07, 6.45) is 4.65. The lowest BCUT2D eigenvalue weighted by molar-refractivity contribution is 0.610. The molecular formula is C12H7ClFN2. The summed E-state index contributed by atoms with van der Waals surface area (Å²) in [4.78, 5) is 2.34. The number of aliphatic imine (C=N–C) groups is 1. The maximum Gasteiger partial charge on any atom is 0.233 e. The van der Waals surface area contributed by atoms with E-state index in [1.165, 1.54) is 12.3 Å². The van der Waals surface area contributed by atoms with Gasteiger partial charge in [0.15, 0.2) is 0 Å². The summed E-state index contributed by atoms with van der Waals surface area (Å²) in [7, 11) is 0. The van der Waals surface area contributed by atoms with Crippen LogP contribution < -0.4 is 0 Å². The van der Waals surface area contributed by atoms with Crippen LogP contribution in [-0.2, 0) is 0 Å². The molecule has 0 fully saturated rings. The van der Waals surface area contributed by atoms with E-state index in [0.29, 0.717) is 11.5 Å². The Labute approximate surface area is 97.7 Å². The van der Waals surface area contributed by atoms with Crippen molar-refractivity contribution in [2.75, 3.05) is 0 Å². The predicted octanol–water partition coefficient (Wildman–Crippen LogP) is 2.85. The summed E-state index contributed by atoms with van der Waals surface area (Å²) < 4.78 is 13.6. The number of rotatable bonds is 1. The molecule has 4 heteroatoms. The third-order valence-electron chi connectivity index (χ3n) is 2.27. The van der Waals surface area contributed by atoms with Crippen LogP contribution in [0.25, 0.3) is 0 Å². The fourth-order valence-electron chi connectivity index (χ4n) is 1.50. The molecule has 2 rings (SSSR count). The Balaban J connectivity index is 2.49. The van der Waals surface area contributed by atoms with E-state index in [4.69, 9.17) is 16.9 Å². The highest BCUT2D eigenvalue weighted by Crippen LogP contribution is 2.37. The maximum atomic E-state index is 13.6. The van der Waals surface area contributed by atoms with Crippen LogP contribution in [0.15, 0.2) is 41.4 Å². The van der Waals surface area contributed by atoms with Crippen molar-refractivity contribution in [3.63, 3.8) is 0 Å². The van der Waals surface area contributed by atoms with Crippen LogP contribution in [-0.4, -0.2) is 11.2 Å². The first kappa shape index (κ1) is 10.8. The first-order chi connectivity index (χ1) is 7.67. The topological polar surface area (TPSA) is 36.1 Å². The molecule has 16 heavy (non-hydrogen) atoms. The second-order valence-corrected chi connectivity index (χ2v) is 3.81. The van der Waals surface area contributed by atoms with Crippen LogP contribution in [0.1, 0.15) is 5.56 Å². The van der Waals surface area contributed by atoms with Gasteiger partial charge >= 0.3 is 0 Å². The van der Waals surface area contributed by atoms with E-state index in [2.05, 4.69) is 4.99 Å². The molecular weight excluding hydrogens is 227 g/mol. The molecule has 0 saturated carbocycles. The number of nitrogens with zero attached hydrogens (tertiary/aromatic N) is 2. The highest BCUT2D eigenvalue weighted by molar-refractivity contribution is 6.28. The standard InChI is InChI=1S/C12H7ClFN2/c13-12(8-15)10(5-3-7-16-12)9-4-1-2-6-11(9)14/h1-7H. The molecule has 1 atom stereocenters. The summed E-state index contributed by atoms with van der Waals surface area (Å²) in [5.74, 6) is -0.0585. The average Bonchev–Trinajstić information content (AvgIpc) is 2.31. The summed E-state index contributed by atoms with van der Waals surface area (Å²) in [5.41, 5.74) is 0.298. The highest BCUT2D eigenvalue weighted by atomic mass is 35.5. The van der Waals surface area contributed by atoms with E-state index in [1.54, 1.807) is 30.4 Å². The van der Waals surface area contributed by atoms with Gasteiger partial charge in [-0.15, -0.1) is 0 Å². The highest BCUT2D eigenvalue weighted by Gasteiger charge is 2.39. The van der Waals surface area contributed by atoms with Gasteiger partial charge in [-0.1, -0.05) is 35.9 Å². The van der Waals surface area contributed by atoms with E-state index >= 15 is 0 Å². The number of benzene rings is 1. The molecule has 0 aromatic heterocycles. The van der Waals surface area contributed by atoms with Crippen molar-refractivity contribution >= 4 is 17.8 Å². The molecule has 0 amide bonds. The molecule has 2 nitrogen and oxygen atoms in total. The van der Waals surface area contributed by atoms with Gasteiger partial charge < -0.3 is 0 Å². The molecule has 1 aromatic rings. The third kappa shape index (κ3) is 1.72. The number of dihydropyridines is 1. The van der Waals surface area contributed by atoms with Crippen molar-refractivity contribution in [1.29, 1.82) is 5.26 Å². The Morgan fingerprint density at radius 3 is 2.81 bits per heavy atom. The van der Waals surface area contributed by atoms with Crippen molar-refractivity contribution in [1.82, 2.24) is 0 Å². The van der Waals surface area contributed by atoms with Gasteiger partial charge in [-0.3, -0.25) is 4.99 Å². The van der Waals surface area contributed by atoms with Gasteiger partial charge in [0.1, 0.15) is 11.9 Å². The normalized spacial score (nSPS) is 24.3. The minimum absolute atomic E-state index is 0.298. The summed E-state index contributed by atoms with van der Waals surface area (Å²) in [5, 5.41) is 9.00. The monoisotopic (exact) mass is 233 g/mol. The van der Waals surface area contributed by atoms with Gasteiger partial charge in [-0.25, -0.2) is 4.39 Å². The Bertz CT molecular complexity index is 504. The molecule has 1 aliphatic rings. The van der Waals surface area contributed by atoms with Crippen LogP contribution in [0, 0.1) is 23.1 Å². The number of alkyl halides is 1. The smallest absolute Gasteiger partial charge is 0.233 e. The molecule has 1 unspecified atom stereocenters. The molecule has 0 bridgehead atoms. The van der Waals surface area contributed by atoms with Gasteiger partial charge in [-0.2, -0.15) is 5.26 Å². The zero-order chi connectivity index (χ0) is 11.6. The van der Waals surface area contributed by atoms with Crippen LogP contribution in [0.3, 0.4) is 0 Å². The van der Waals surface area contributed by atoms with E-state index in [-0.39, 0.29) is 0 Å². The quantitative estimate of drug-likeness (QED) is 0.543. The minimum Gasteiger partial charge on any atom is -0.254 e. The predicted molar refractivity (Wildman–Crippen MR) is 60.6 cm³/mol. The lowest BCUT2D eigenvalue weighted by Gasteiger charge is -2.25. The van der Waals surface area contributed by atoms with Crippen LogP contribution in [0.2, 0.25) is 0 Å². The van der Waals surface area contributed by atoms with E-state index in [9.17, 15) is 4.39 Å². The Kier molecular flexibility index (Phi) is 2.76. The average molecular weight is 234 g/mol. The molecule has 0 N–H and O–H groups in total. The van der Waals surface area contributed by atoms with Crippen LogP contribution in [0.5, 0.6) is 0 Å². The number of hydrogen-bond acceptors (Lipinski definition) is 2. The zero-order valence-electron chi connectivity index (χ0n) is 8.19. The lowest BCUT2D eigenvalue weighted by Crippen LogP contribution is -2.28. The SMILES string of the molecule is N#CC1(Cl)N=CC=C[C]1c1ccccc1F. The fourth-order valence-corrected chi connectivity index (χ4v) is 1.72. The molecule has 0 aliphatic carbocycles. The Hall–Kier alpha value is -1.66. The molecule has 1 aromatic carbocycles. The number of nitriles is 1. The van der Waals surface area contributed by atoms with Crippen molar-refractivity contribution in [2.45, 2.75) is 5.00 Å². The zero-order valence-corrected chi connectivity index (χ0v) is 8.95. The van der Waals surface area contributed by atoms with Gasteiger partial charge in [0.05, 0.1) is 5.92 Å². The van der Waals surface area contributed by atoms with E-state index in [1.807, 2.05) is 6.07 Å². The van der Waals surface area contributed by atoms with E-state index in [0.717, 1.165) is 0 Å². The molecule has 79 valence electrons. The number of halogens is 2. The van der Waals surface area contributed by atoms with Crippen molar-refractivity contribution < 1.29 is 4.39 Å². The second-order valence-electron chi connectivity index (χ2n) is 3.26. The number of allylic oxidation sites excluding steroid dienone is 1. The molecule has 1 heterocycles. The molecule has 0 saturated heterocycles. The summed E-state index contributed by atoms with van der Waals surface area (Å²) in [6.45, 7) is 0. The Morgan fingerprint density at radius 2 is 2.12 bits per heavy atom. The fraction of sp³-hybridized carbons (Fsp3) is 0.0833. The third-order valence-corrected chi connectivity index (χ3v) is 2.66. The van der Waals surface area contributed by atoms with Crippen LogP contribution >= 0.6 is 11.6 Å². The molecule has 0 spiro atoms. The van der Waals surface area contributed by atoms with Gasteiger partial charge in [-0.05, 0) is 12.1 Å².